The molecule has 0 unspecified atom stereocenters. The number of nitrogens with one attached hydrogen (secondary N) is 1. The molecule has 3 rings (SSSR count). The van der Waals surface area contributed by atoms with Crippen molar-refractivity contribution in [3.05, 3.63) is 59.4 Å². The topological polar surface area (TPSA) is 28.2 Å². The zero-order chi connectivity index (χ0) is 15.2. The predicted molar refractivity (Wildman–Crippen MR) is 92.4 cm³/mol. The van der Waals surface area contributed by atoms with Crippen LogP contribution >= 0.6 is 0 Å². The van der Waals surface area contributed by atoms with Gasteiger partial charge in [0.2, 0.25) is 0 Å². The van der Waals surface area contributed by atoms with Gasteiger partial charge in [0.1, 0.15) is 0 Å². The zero-order valence-corrected chi connectivity index (χ0v) is 13.4. The minimum atomic E-state index is 1.09. The quantitative estimate of drug-likeness (QED) is 0.850. The highest BCUT2D eigenvalue weighted by atomic mass is 15.1. The lowest BCUT2D eigenvalue weighted by molar-refractivity contribution is 0.295. The molecule has 2 aromatic rings. The lowest BCUT2D eigenvalue weighted by atomic mass is 10.1. The van der Waals surface area contributed by atoms with E-state index in [0.29, 0.717) is 0 Å². The Bertz CT molecular complexity index is 595. The molecular weight excluding hydrogens is 270 g/mol. The van der Waals surface area contributed by atoms with Crippen molar-refractivity contribution in [2.24, 2.45) is 0 Å². The van der Waals surface area contributed by atoms with Crippen LogP contribution in [0.15, 0.2) is 42.7 Å². The molecule has 1 aliphatic rings. The van der Waals surface area contributed by atoms with Crippen molar-refractivity contribution in [3.63, 3.8) is 0 Å². The Balaban J connectivity index is 1.50. The molecule has 0 spiro atoms. The van der Waals surface area contributed by atoms with Gasteiger partial charge in [0, 0.05) is 37.7 Å². The molecule has 1 N–H and O–H groups in total. The van der Waals surface area contributed by atoms with Gasteiger partial charge in [-0.3, -0.25) is 4.98 Å². The van der Waals surface area contributed by atoms with Crippen molar-refractivity contribution < 1.29 is 0 Å². The van der Waals surface area contributed by atoms with Gasteiger partial charge in [-0.25, -0.2) is 0 Å². The van der Waals surface area contributed by atoms with Gasteiger partial charge in [0.05, 0.1) is 0 Å². The maximum atomic E-state index is 4.08. The molecule has 2 heterocycles. The van der Waals surface area contributed by atoms with Crippen molar-refractivity contribution >= 4 is 5.69 Å². The first-order valence-corrected chi connectivity index (χ1v) is 8.32. The van der Waals surface area contributed by atoms with Crippen LogP contribution in [0.4, 0.5) is 5.69 Å². The maximum Gasteiger partial charge on any atom is 0.0373 e. The summed E-state index contributed by atoms with van der Waals surface area (Å²) < 4.78 is 0. The summed E-state index contributed by atoms with van der Waals surface area (Å²) in [6.45, 7) is 6.70. The molecule has 0 fully saturated rings. The van der Waals surface area contributed by atoms with Gasteiger partial charge in [0.15, 0.2) is 0 Å². The van der Waals surface area contributed by atoms with Crippen molar-refractivity contribution in [1.82, 2.24) is 9.88 Å². The van der Waals surface area contributed by atoms with Crippen molar-refractivity contribution in [2.75, 3.05) is 31.5 Å². The number of hydrogen-bond acceptors (Lipinski definition) is 3. The lowest BCUT2D eigenvalue weighted by Gasteiger charge is -2.20. The second kappa shape index (κ2) is 7.41. The van der Waals surface area contributed by atoms with E-state index in [1.54, 1.807) is 0 Å². The molecule has 1 aliphatic heterocycles. The normalized spacial score (nSPS) is 13.2. The monoisotopic (exact) mass is 295 g/mol. The summed E-state index contributed by atoms with van der Waals surface area (Å²) in [7, 11) is 0. The van der Waals surface area contributed by atoms with Gasteiger partial charge >= 0.3 is 0 Å². The third-order valence-corrected chi connectivity index (χ3v) is 4.51. The summed E-state index contributed by atoms with van der Waals surface area (Å²) in [5, 5.41) is 3.43. The second-order valence-electron chi connectivity index (χ2n) is 5.96. The number of pyridine rings is 1. The van der Waals surface area contributed by atoms with E-state index in [9.17, 15) is 0 Å². The van der Waals surface area contributed by atoms with Crippen LogP contribution in [-0.2, 0) is 19.3 Å². The van der Waals surface area contributed by atoms with Crippen molar-refractivity contribution in [1.29, 1.82) is 0 Å². The molecule has 0 atom stereocenters. The largest absolute Gasteiger partial charge is 0.384 e. The molecule has 116 valence electrons. The molecule has 1 aromatic carbocycles. The Morgan fingerprint density at radius 1 is 1.05 bits per heavy atom. The minimum Gasteiger partial charge on any atom is -0.384 e. The fourth-order valence-corrected chi connectivity index (χ4v) is 3.07. The van der Waals surface area contributed by atoms with E-state index in [1.165, 1.54) is 28.8 Å². The summed E-state index contributed by atoms with van der Waals surface area (Å²) >= 11 is 0. The average molecular weight is 295 g/mol. The standard InChI is InChI=1S/C19H25N3/c1-2-22(13-8-16-5-10-20-11-6-16)14-9-17-3-4-19-18(15-17)7-12-21-19/h3-6,10-11,15,21H,2,7-9,12-14H2,1H3. The number of rotatable bonds is 7. The molecule has 0 amide bonds. The van der Waals surface area contributed by atoms with E-state index in [4.69, 9.17) is 0 Å². The number of anilines is 1. The first kappa shape index (κ1) is 15.0. The van der Waals surface area contributed by atoms with Gasteiger partial charge in [0.25, 0.3) is 0 Å². The van der Waals surface area contributed by atoms with Gasteiger partial charge < -0.3 is 10.2 Å². The lowest BCUT2D eigenvalue weighted by Crippen LogP contribution is -2.28. The molecule has 3 heteroatoms. The first-order valence-electron chi connectivity index (χ1n) is 8.32. The predicted octanol–water partition coefficient (Wildman–Crippen LogP) is 3.16. The first-order chi connectivity index (χ1) is 10.8. The van der Waals surface area contributed by atoms with E-state index < -0.39 is 0 Å². The van der Waals surface area contributed by atoms with Crippen LogP contribution in [0.2, 0.25) is 0 Å². The highest BCUT2D eigenvalue weighted by Crippen LogP contribution is 2.23. The number of hydrogen-bond donors (Lipinski definition) is 1. The van der Waals surface area contributed by atoms with Crippen molar-refractivity contribution in [3.8, 4) is 0 Å². The molecule has 22 heavy (non-hydrogen) atoms. The molecule has 0 aliphatic carbocycles. The minimum absolute atomic E-state index is 1.09. The van der Waals surface area contributed by atoms with E-state index >= 15 is 0 Å². The number of aromatic nitrogens is 1. The highest BCUT2D eigenvalue weighted by Gasteiger charge is 2.10. The Morgan fingerprint density at radius 3 is 2.59 bits per heavy atom. The Morgan fingerprint density at radius 2 is 1.82 bits per heavy atom. The molecular formula is C19H25N3. The number of nitrogens with zero attached hydrogens (tertiary/aromatic N) is 2. The van der Waals surface area contributed by atoms with E-state index in [0.717, 1.165) is 39.0 Å². The number of likely N-dealkylation sites (N-methyl/N-ethyl adjacent to an activating group) is 1. The van der Waals surface area contributed by atoms with Gasteiger partial charge in [-0.1, -0.05) is 19.1 Å². The van der Waals surface area contributed by atoms with Crippen LogP contribution in [0.25, 0.3) is 0 Å². The third-order valence-electron chi connectivity index (χ3n) is 4.51. The summed E-state index contributed by atoms with van der Waals surface area (Å²) in [6, 6.07) is 11.1. The fourth-order valence-electron chi connectivity index (χ4n) is 3.07. The summed E-state index contributed by atoms with van der Waals surface area (Å²) in [6.07, 6.45) is 7.17. The average Bonchev–Trinajstić information content (AvgIpc) is 3.03. The molecule has 3 nitrogen and oxygen atoms in total. The second-order valence-corrected chi connectivity index (χ2v) is 5.96. The molecule has 0 saturated heterocycles. The third kappa shape index (κ3) is 3.86. The van der Waals surface area contributed by atoms with Crippen LogP contribution in [0.3, 0.4) is 0 Å². The van der Waals surface area contributed by atoms with E-state index in [2.05, 4.69) is 52.5 Å². The number of fused-ring (bicyclic) bond motifs is 1. The summed E-state index contributed by atoms with van der Waals surface area (Å²) in [5.41, 5.74) is 5.65. The van der Waals surface area contributed by atoms with Gasteiger partial charge in [-0.15, -0.1) is 0 Å². The van der Waals surface area contributed by atoms with Gasteiger partial charge in [-0.2, -0.15) is 0 Å². The smallest absolute Gasteiger partial charge is 0.0373 e. The van der Waals surface area contributed by atoms with Crippen LogP contribution < -0.4 is 5.32 Å². The highest BCUT2D eigenvalue weighted by molar-refractivity contribution is 5.56. The van der Waals surface area contributed by atoms with Crippen LogP contribution in [0, 0.1) is 0 Å². The number of benzene rings is 1. The summed E-state index contributed by atoms with van der Waals surface area (Å²) in [5.74, 6) is 0. The van der Waals surface area contributed by atoms with Gasteiger partial charge in [-0.05, 0) is 60.7 Å². The SMILES string of the molecule is CCN(CCc1ccncc1)CCc1ccc2c(c1)CCN2. The molecule has 1 aromatic heterocycles. The molecule has 0 saturated carbocycles. The summed E-state index contributed by atoms with van der Waals surface area (Å²) in [4.78, 5) is 6.61. The Kier molecular flexibility index (Phi) is 5.07. The van der Waals surface area contributed by atoms with E-state index in [1.807, 2.05) is 12.4 Å². The maximum absolute atomic E-state index is 4.08. The van der Waals surface area contributed by atoms with E-state index in [-0.39, 0.29) is 0 Å². The molecule has 0 bridgehead atoms. The van der Waals surface area contributed by atoms with Crippen molar-refractivity contribution in [2.45, 2.75) is 26.2 Å². The van der Waals surface area contributed by atoms with Crippen LogP contribution in [0.1, 0.15) is 23.6 Å². The van der Waals surface area contributed by atoms with Crippen LogP contribution in [0.5, 0.6) is 0 Å². The Labute approximate surface area is 133 Å². The van der Waals surface area contributed by atoms with Crippen LogP contribution in [-0.4, -0.2) is 36.1 Å². The fraction of sp³-hybridized carbons (Fsp3) is 0.421. The zero-order valence-electron chi connectivity index (χ0n) is 13.4. The molecule has 0 radical (unpaired) electrons. The Hall–Kier alpha value is -1.87.